The summed E-state index contributed by atoms with van der Waals surface area (Å²) in [7, 11) is 2.03. The SMILES string of the molecule is CCCOCc1noc(CC2(NC)CCCCC2)n1. The Hall–Kier alpha value is -0.940. The van der Waals surface area contributed by atoms with Crippen LogP contribution < -0.4 is 5.32 Å². The maximum absolute atomic E-state index is 5.42. The third kappa shape index (κ3) is 4.01. The van der Waals surface area contributed by atoms with Crippen molar-refractivity contribution in [3.63, 3.8) is 0 Å². The third-order valence-electron chi connectivity index (χ3n) is 3.92. The Morgan fingerprint density at radius 1 is 1.32 bits per heavy atom. The molecule has 2 rings (SSSR count). The quantitative estimate of drug-likeness (QED) is 0.769. The van der Waals surface area contributed by atoms with Gasteiger partial charge in [0.15, 0.2) is 5.82 Å². The molecule has 0 spiro atoms. The molecule has 0 aliphatic heterocycles. The highest BCUT2D eigenvalue weighted by Gasteiger charge is 2.32. The zero-order valence-corrected chi connectivity index (χ0v) is 12.1. The Bertz CT molecular complexity index is 373. The average Bonchev–Trinajstić information content (AvgIpc) is 2.87. The first-order valence-corrected chi connectivity index (χ1v) is 7.36. The van der Waals surface area contributed by atoms with Crippen LogP contribution in [0.2, 0.25) is 0 Å². The first kappa shape index (κ1) is 14.5. The van der Waals surface area contributed by atoms with E-state index in [-0.39, 0.29) is 5.54 Å². The maximum atomic E-state index is 5.42. The van der Waals surface area contributed by atoms with Gasteiger partial charge in [0.05, 0.1) is 0 Å². The van der Waals surface area contributed by atoms with Gasteiger partial charge in [-0.3, -0.25) is 0 Å². The Morgan fingerprint density at radius 3 is 2.79 bits per heavy atom. The van der Waals surface area contributed by atoms with E-state index in [9.17, 15) is 0 Å². The van der Waals surface area contributed by atoms with Crippen LogP contribution in [0.15, 0.2) is 4.52 Å². The van der Waals surface area contributed by atoms with Crippen LogP contribution in [0.3, 0.4) is 0 Å². The summed E-state index contributed by atoms with van der Waals surface area (Å²) in [6.07, 6.45) is 8.10. The fraction of sp³-hybridized carbons (Fsp3) is 0.857. The van der Waals surface area contributed by atoms with Crippen LogP contribution in [0.4, 0.5) is 0 Å². The minimum atomic E-state index is 0.145. The minimum Gasteiger partial charge on any atom is -0.373 e. The Balaban J connectivity index is 1.90. The van der Waals surface area contributed by atoms with Gasteiger partial charge in [-0.25, -0.2) is 0 Å². The number of rotatable bonds is 7. The molecule has 5 nitrogen and oxygen atoms in total. The Kier molecular flexibility index (Phi) is 5.34. The largest absolute Gasteiger partial charge is 0.373 e. The van der Waals surface area contributed by atoms with Crippen molar-refractivity contribution in [2.75, 3.05) is 13.7 Å². The zero-order valence-electron chi connectivity index (χ0n) is 12.1. The summed E-state index contributed by atoms with van der Waals surface area (Å²) in [5.74, 6) is 1.39. The lowest BCUT2D eigenvalue weighted by Crippen LogP contribution is -2.46. The van der Waals surface area contributed by atoms with E-state index in [1.54, 1.807) is 0 Å². The van der Waals surface area contributed by atoms with E-state index in [1.165, 1.54) is 32.1 Å². The van der Waals surface area contributed by atoms with Crippen LogP contribution in [0.5, 0.6) is 0 Å². The zero-order chi connectivity index (χ0) is 13.6. The molecular weight excluding hydrogens is 242 g/mol. The summed E-state index contributed by atoms with van der Waals surface area (Å²) >= 11 is 0. The number of aromatic nitrogens is 2. The second-order valence-electron chi connectivity index (χ2n) is 5.42. The average molecular weight is 267 g/mol. The fourth-order valence-electron chi connectivity index (χ4n) is 2.76. The molecule has 0 saturated heterocycles. The third-order valence-corrected chi connectivity index (χ3v) is 3.92. The number of hydrogen-bond donors (Lipinski definition) is 1. The van der Waals surface area contributed by atoms with Gasteiger partial charge in [0.2, 0.25) is 5.89 Å². The molecule has 1 aromatic heterocycles. The molecule has 108 valence electrons. The van der Waals surface area contributed by atoms with Crippen molar-refractivity contribution in [3.05, 3.63) is 11.7 Å². The smallest absolute Gasteiger partial charge is 0.228 e. The highest BCUT2D eigenvalue weighted by Crippen LogP contribution is 2.30. The van der Waals surface area contributed by atoms with E-state index in [0.717, 1.165) is 25.3 Å². The second-order valence-corrected chi connectivity index (χ2v) is 5.42. The fourth-order valence-corrected chi connectivity index (χ4v) is 2.76. The second kappa shape index (κ2) is 7.01. The lowest BCUT2D eigenvalue weighted by Gasteiger charge is -2.36. The van der Waals surface area contributed by atoms with Crippen molar-refractivity contribution in [2.24, 2.45) is 0 Å². The molecule has 1 saturated carbocycles. The van der Waals surface area contributed by atoms with Gasteiger partial charge in [-0.1, -0.05) is 31.3 Å². The molecule has 5 heteroatoms. The van der Waals surface area contributed by atoms with Gasteiger partial charge in [0.25, 0.3) is 0 Å². The van der Waals surface area contributed by atoms with Gasteiger partial charge < -0.3 is 14.6 Å². The molecule has 19 heavy (non-hydrogen) atoms. The van der Waals surface area contributed by atoms with E-state index in [0.29, 0.717) is 12.4 Å². The lowest BCUT2D eigenvalue weighted by atomic mass is 9.79. The van der Waals surface area contributed by atoms with Gasteiger partial charge in [0, 0.05) is 18.6 Å². The molecule has 1 aliphatic rings. The summed E-state index contributed by atoms with van der Waals surface area (Å²) < 4.78 is 10.8. The van der Waals surface area contributed by atoms with Crippen molar-refractivity contribution in [2.45, 2.75) is 64.0 Å². The topological polar surface area (TPSA) is 60.2 Å². The maximum Gasteiger partial charge on any atom is 0.228 e. The standard InChI is InChI=1S/C14H25N3O2/c1-3-9-18-11-12-16-13(19-17-12)10-14(15-2)7-5-4-6-8-14/h15H,3-11H2,1-2H3. The summed E-state index contributed by atoms with van der Waals surface area (Å²) in [5.41, 5.74) is 0.145. The lowest BCUT2D eigenvalue weighted by molar-refractivity contribution is 0.114. The van der Waals surface area contributed by atoms with Crippen LogP contribution in [0, 0.1) is 0 Å². The van der Waals surface area contributed by atoms with Crippen molar-refractivity contribution in [1.82, 2.24) is 15.5 Å². The number of hydrogen-bond acceptors (Lipinski definition) is 5. The molecule has 0 atom stereocenters. The predicted molar refractivity (Wildman–Crippen MR) is 72.8 cm³/mol. The summed E-state index contributed by atoms with van der Waals surface area (Å²) in [4.78, 5) is 4.43. The minimum absolute atomic E-state index is 0.145. The van der Waals surface area contributed by atoms with Gasteiger partial charge in [-0.15, -0.1) is 0 Å². The number of ether oxygens (including phenoxy) is 1. The Morgan fingerprint density at radius 2 is 2.11 bits per heavy atom. The van der Waals surface area contributed by atoms with Crippen molar-refractivity contribution < 1.29 is 9.26 Å². The van der Waals surface area contributed by atoms with Crippen molar-refractivity contribution >= 4 is 0 Å². The van der Waals surface area contributed by atoms with Gasteiger partial charge >= 0.3 is 0 Å². The number of nitrogens with zero attached hydrogens (tertiary/aromatic N) is 2. The molecule has 0 aromatic carbocycles. The molecule has 1 aromatic rings. The van der Waals surface area contributed by atoms with Gasteiger partial charge in [-0.05, 0) is 26.3 Å². The first-order valence-electron chi connectivity index (χ1n) is 7.36. The van der Waals surface area contributed by atoms with Crippen LogP contribution in [-0.4, -0.2) is 29.3 Å². The molecule has 0 radical (unpaired) electrons. The van der Waals surface area contributed by atoms with Crippen molar-refractivity contribution in [3.8, 4) is 0 Å². The Labute approximate surface area is 115 Å². The monoisotopic (exact) mass is 267 g/mol. The van der Waals surface area contributed by atoms with Gasteiger partial charge in [0.1, 0.15) is 6.61 Å². The number of nitrogens with one attached hydrogen (secondary N) is 1. The summed E-state index contributed by atoms with van der Waals surface area (Å²) in [6.45, 7) is 3.27. The van der Waals surface area contributed by atoms with E-state index >= 15 is 0 Å². The number of likely N-dealkylation sites (N-methyl/N-ethyl adjacent to an activating group) is 1. The molecule has 0 unspecified atom stereocenters. The molecule has 1 heterocycles. The van der Waals surface area contributed by atoms with Crippen LogP contribution >= 0.6 is 0 Å². The summed E-state index contributed by atoms with van der Waals surface area (Å²) in [6, 6.07) is 0. The van der Waals surface area contributed by atoms with E-state index < -0.39 is 0 Å². The van der Waals surface area contributed by atoms with E-state index in [2.05, 4.69) is 22.4 Å². The van der Waals surface area contributed by atoms with Crippen LogP contribution in [-0.2, 0) is 17.8 Å². The normalized spacial score (nSPS) is 18.6. The first-order chi connectivity index (χ1) is 9.28. The highest BCUT2D eigenvalue weighted by atomic mass is 16.5. The van der Waals surface area contributed by atoms with E-state index in [1.807, 2.05) is 7.05 Å². The molecular formula is C14H25N3O2. The molecule has 1 aliphatic carbocycles. The van der Waals surface area contributed by atoms with Crippen LogP contribution in [0.25, 0.3) is 0 Å². The molecule has 1 fully saturated rings. The predicted octanol–water partition coefficient (Wildman–Crippen LogP) is 2.46. The molecule has 0 amide bonds. The van der Waals surface area contributed by atoms with Crippen LogP contribution in [0.1, 0.15) is 57.2 Å². The highest BCUT2D eigenvalue weighted by molar-refractivity contribution is 4.98. The van der Waals surface area contributed by atoms with Gasteiger partial charge in [-0.2, -0.15) is 4.98 Å². The van der Waals surface area contributed by atoms with E-state index in [4.69, 9.17) is 9.26 Å². The molecule has 1 N–H and O–H groups in total. The van der Waals surface area contributed by atoms with Crippen molar-refractivity contribution in [1.29, 1.82) is 0 Å². The molecule has 0 bridgehead atoms. The summed E-state index contributed by atoms with van der Waals surface area (Å²) in [5, 5.41) is 7.45.